The van der Waals surface area contributed by atoms with Crippen molar-refractivity contribution in [1.29, 1.82) is 0 Å². The van der Waals surface area contributed by atoms with Crippen LogP contribution in [0.4, 0.5) is 0 Å². The number of halogens is 1. The van der Waals surface area contributed by atoms with Crippen LogP contribution in [0.1, 0.15) is 44.6 Å². The lowest BCUT2D eigenvalue weighted by atomic mass is 9.83. The molecular formula is C18H29ClN2O2. The molecule has 1 amide bonds. The number of hydrogen-bond acceptors (Lipinski definition) is 3. The Morgan fingerprint density at radius 2 is 2.00 bits per heavy atom. The number of ether oxygens (including phenoxy) is 1. The van der Waals surface area contributed by atoms with Gasteiger partial charge in [0.2, 0.25) is 5.91 Å². The summed E-state index contributed by atoms with van der Waals surface area (Å²) in [6.07, 6.45) is 5.09. The molecule has 0 bridgehead atoms. The van der Waals surface area contributed by atoms with Gasteiger partial charge >= 0.3 is 0 Å². The number of para-hydroxylation sites is 1. The highest BCUT2D eigenvalue weighted by Gasteiger charge is 2.25. The van der Waals surface area contributed by atoms with Crippen molar-refractivity contribution in [2.75, 3.05) is 13.7 Å². The smallest absolute Gasteiger partial charge is 0.222 e. The topological polar surface area (TPSA) is 55.6 Å². The van der Waals surface area contributed by atoms with Gasteiger partial charge in [-0.05, 0) is 31.7 Å². The lowest BCUT2D eigenvalue weighted by Crippen LogP contribution is -2.37. The highest BCUT2D eigenvalue weighted by Crippen LogP contribution is 2.27. The van der Waals surface area contributed by atoms with Gasteiger partial charge in [-0.15, -0.1) is 12.4 Å². The van der Waals surface area contributed by atoms with Crippen LogP contribution in [0.15, 0.2) is 24.3 Å². The molecule has 5 heteroatoms. The molecule has 1 fully saturated rings. The number of amides is 1. The first-order chi connectivity index (χ1) is 10.6. The quantitative estimate of drug-likeness (QED) is 0.863. The summed E-state index contributed by atoms with van der Waals surface area (Å²) < 4.78 is 5.63. The Morgan fingerprint density at radius 1 is 1.30 bits per heavy atom. The van der Waals surface area contributed by atoms with Crippen molar-refractivity contribution in [2.45, 2.75) is 51.6 Å². The van der Waals surface area contributed by atoms with Crippen molar-refractivity contribution < 1.29 is 9.53 Å². The van der Waals surface area contributed by atoms with Crippen molar-refractivity contribution in [1.82, 2.24) is 4.90 Å². The maximum atomic E-state index is 12.5. The van der Waals surface area contributed by atoms with Gasteiger partial charge in [0.1, 0.15) is 5.75 Å². The van der Waals surface area contributed by atoms with E-state index < -0.39 is 0 Å². The minimum Gasteiger partial charge on any atom is -0.494 e. The molecule has 130 valence electrons. The van der Waals surface area contributed by atoms with E-state index in [0.717, 1.165) is 24.2 Å². The number of benzene rings is 1. The molecule has 1 aliphatic rings. The summed E-state index contributed by atoms with van der Waals surface area (Å²) in [5.41, 5.74) is 7.20. The van der Waals surface area contributed by atoms with Crippen LogP contribution >= 0.6 is 12.4 Å². The molecule has 2 atom stereocenters. The number of nitrogens with zero attached hydrogens (tertiary/aromatic N) is 1. The molecule has 23 heavy (non-hydrogen) atoms. The molecule has 0 aromatic heterocycles. The summed E-state index contributed by atoms with van der Waals surface area (Å²) in [5.74, 6) is 1.37. The average Bonchev–Trinajstić information content (AvgIpc) is 2.51. The molecule has 0 saturated heterocycles. The van der Waals surface area contributed by atoms with E-state index in [4.69, 9.17) is 10.5 Å². The molecular weight excluding hydrogens is 312 g/mol. The Balaban J connectivity index is 0.00000264. The van der Waals surface area contributed by atoms with Crippen LogP contribution in [0.3, 0.4) is 0 Å². The highest BCUT2D eigenvalue weighted by molar-refractivity contribution is 5.85. The Kier molecular flexibility index (Phi) is 8.42. The van der Waals surface area contributed by atoms with Gasteiger partial charge < -0.3 is 15.4 Å². The van der Waals surface area contributed by atoms with Gasteiger partial charge in [0, 0.05) is 31.6 Å². The molecule has 2 rings (SSSR count). The van der Waals surface area contributed by atoms with Crippen LogP contribution < -0.4 is 10.5 Å². The Labute approximate surface area is 145 Å². The van der Waals surface area contributed by atoms with Gasteiger partial charge in [-0.1, -0.05) is 31.0 Å². The van der Waals surface area contributed by atoms with Crippen LogP contribution in [0.2, 0.25) is 0 Å². The Morgan fingerprint density at radius 3 is 2.70 bits per heavy atom. The maximum absolute atomic E-state index is 12.5. The first-order valence-electron chi connectivity index (χ1n) is 8.32. The van der Waals surface area contributed by atoms with Gasteiger partial charge in [0.15, 0.2) is 0 Å². The fourth-order valence-corrected chi connectivity index (χ4v) is 3.14. The zero-order chi connectivity index (χ0) is 15.9. The van der Waals surface area contributed by atoms with E-state index in [9.17, 15) is 4.79 Å². The molecule has 1 aromatic carbocycles. The van der Waals surface area contributed by atoms with E-state index in [2.05, 4.69) is 0 Å². The van der Waals surface area contributed by atoms with Crippen LogP contribution in [0.5, 0.6) is 5.75 Å². The Bertz CT molecular complexity index is 496. The second-order valence-electron chi connectivity index (χ2n) is 6.20. The summed E-state index contributed by atoms with van der Waals surface area (Å²) in [5, 5.41) is 0. The van der Waals surface area contributed by atoms with E-state index in [1.54, 1.807) is 4.90 Å². The molecule has 4 nitrogen and oxygen atoms in total. The molecule has 0 radical (unpaired) electrons. The van der Waals surface area contributed by atoms with Gasteiger partial charge in [-0.25, -0.2) is 0 Å². The third-order valence-corrected chi connectivity index (χ3v) is 4.51. The zero-order valence-corrected chi connectivity index (χ0v) is 15.0. The molecule has 0 spiro atoms. The minimum absolute atomic E-state index is 0. The first kappa shape index (κ1) is 19.8. The summed E-state index contributed by atoms with van der Waals surface area (Å²) >= 11 is 0. The van der Waals surface area contributed by atoms with Crippen molar-refractivity contribution in [2.24, 2.45) is 11.7 Å². The van der Waals surface area contributed by atoms with Gasteiger partial charge in [0.25, 0.3) is 0 Å². The van der Waals surface area contributed by atoms with E-state index in [-0.39, 0.29) is 24.4 Å². The van der Waals surface area contributed by atoms with E-state index in [1.807, 2.05) is 38.2 Å². The molecule has 2 unspecified atom stereocenters. The third kappa shape index (κ3) is 5.70. The van der Waals surface area contributed by atoms with E-state index in [0.29, 0.717) is 25.5 Å². The normalized spacial score (nSPS) is 20.5. The lowest BCUT2D eigenvalue weighted by Gasteiger charge is -2.29. The minimum atomic E-state index is 0. The van der Waals surface area contributed by atoms with Gasteiger partial charge in [-0.2, -0.15) is 0 Å². The van der Waals surface area contributed by atoms with E-state index >= 15 is 0 Å². The van der Waals surface area contributed by atoms with Crippen molar-refractivity contribution in [3.8, 4) is 5.75 Å². The second kappa shape index (κ2) is 9.78. The molecule has 1 saturated carbocycles. The SMILES string of the molecule is CCOc1ccccc1CN(C)C(=O)CC1CCCCC1N.Cl. The summed E-state index contributed by atoms with van der Waals surface area (Å²) in [4.78, 5) is 14.3. The lowest BCUT2D eigenvalue weighted by molar-refractivity contribution is -0.131. The number of hydrogen-bond donors (Lipinski definition) is 1. The van der Waals surface area contributed by atoms with Crippen LogP contribution in [-0.4, -0.2) is 30.5 Å². The number of carbonyl (C=O) groups is 1. The number of rotatable bonds is 6. The van der Waals surface area contributed by atoms with Crippen LogP contribution in [0.25, 0.3) is 0 Å². The predicted octanol–water partition coefficient (Wildman–Crippen LogP) is 3.37. The average molecular weight is 341 g/mol. The fraction of sp³-hybridized carbons (Fsp3) is 0.611. The monoisotopic (exact) mass is 340 g/mol. The zero-order valence-electron chi connectivity index (χ0n) is 14.2. The molecule has 2 N–H and O–H groups in total. The number of carbonyl (C=O) groups excluding carboxylic acids is 1. The summed E-state index contributed by atoms with van der Waals surface area (Å²) in [6.45, 7) is 3.18. The maximum Gasteiger partial charge on any atom is 0.222 e. The second-order valence-corrected chi connectivity index (χ2v) is 6.20. The molecule has 0 heterocycles. The van der Waals surface area contributed by atoms with Crippen molar-refractivity contribution >= 4 is 18.3 Å². The number of nitrogens with two attached hydrogens (primary N) is 1. The molecule has 1 aromatic rings. The summed E-state index contributed by atoms with van der Waals surface area (Å²) in [6, 6.07) is 8.08. The predicted molar refractivity (Wildman–Crippen MR) is 95.9 cm³/mol. The van der Waals surface area contributed by atoms with Crippen molar-refractivity contribution in [3.63, 3.8) is 0 Å². The van der Waals surface area contributed by atoms with Gasteiger partial charge in [0.05, 0.1) is 6.61 Å². The van der Waals surface area contributed by atoms with Crippen molar-refractivity contribution in [3.05, 3.63) is 29.8 Å². The standard InChI is InChI=1S/C18H28N2O2.ClH/c1-3-22-17-11-7-5-9-15(17)13-20(2)18(21)12-14-8-4-6-10-16(14)19;/h5,7,9,11,14,16H,3-4,6,8,10,12-13,19H2,1-2H3;1H. The van der Waals surface area contributed by atoms with Gasteiger partial charge in [-0.3, -0.25) is 4.79 Å². The fourth-order valence-electron chi connectivity index (χ4n) is 3.14. The first-order valence-corrected chi connectivity index (χ1v) is 8.32. The third-order valence-electron chi connectivity index (χ3n) is 4.51. The molecule has 0 aliphatic heterocycles. The van der Waals surface area contributed by atoms with E-state index in [1.165, 1.54) is 12.8 Å². The van der Waals surface area contributed by atoms with Crippen LogP contribution in [0, 0.1) is 5.92 Å². The highest BCUT2D eigenvalue weighted by atomic mass is 35.5. The largest absolute Gasteiger partial charge is 0.494 e. The van der Waals surface area contributed by atoms with Crippen LogP contribution in [-0.2, 0) is 11.3 Å². The Hall–Kier alpha value is -1.26. The summed E-state index contributed by atoms with van der Waals surface area (Å²) in [7, 11) is 1.86. The molecule has 1 aliphatic carbocycles.